The first-order valence-corrected chi connectivity index (χ1v) is 18.3. The highest BCUT2D eigenvalue weighted by Crippen LogP contribution is 2.74. The molecular formula is C39H52O5S. The number of aliphatic hydroxyl groups is 1. The van der Waals surface area contributed by atoms with Crippen LogP contribution in [0.2, 0.25) is 0 Å². The lowest BCUT2D eigenvalue weighted by Crippen LogP contribution is -2.61. The van der Waals surface area contributed by atoms with Gasteiger partial charge in [-0.1, -0.05) is 64.3 Å². The van der Waals surface area contributed by atoms with Crippen LogP contribution < -0.4 is 0 Å². The van der Waals surface area contributed by atoms with Gasteiger partial charge in [0.1, 0.15) is 16.8 Å². The van der Waals surface area contributed by atoms with Gasteiger partial charge in [-0.05, 0) is 117 Å². The molecule has 0 amide bonds. The second kappa shape index (κ2) is 9.86. The number of thioether (sulfide) groups is 1. The van der Waals surface area contributed by atoms with Crippen LogP contribution in [0.25, 0.3) is 0 Å². The van der Waals surface area contributed by atoms with Gasteiger partial charge in [0.2, 0.25) is 0 Å². The SMILES string of the molecule is CC#C[C@]1(O)CC[C@H]2[C@@H]3CC=C4CC5(CC[C@@]46Sc4cc(C7(C)CC(C)(C)COO7)ccc4[C@@H](C[C@@]21C)[C@@H]36)CC(C)(C)COO5. The molecule has 0 radical (unpaired) electrons. The number of hydrogen-bond acceptors (Lipinski definition) is 6. The van der Waals surface area contributed by atoms with Gasteiger partial charge >= 0.3 is 0 Å². The Hall–Kier alpha value is -1.33. The standard InChI is InChI=1S/C39H52O5S/c1-8-14-38(40)15-13-30-28-12-10-26-19-37(22-34(4,5)24-42-44-37)16-17-39(26)32(28)29(20-35(30,38)6)27-11-9-25(18-31(27)45-39)36(7)21-33(2,3)23-41-43-36/h9-11,18,28-30,32,40H,12-13,15-17,19-24H2,1-7H3/t28-,29+,30-,32+,35-,36?,37?,38-,39+/m0/s1. The van der Waals surface area contributed by atoms with Crippen molar-refractivity contribution in [2.45, 2.75) is 139 Å². The van der Waals surface area contributed by atoms with Crippen LogP contribution in [0.15, 0.2) is 34.7 Å². The summed E-state index contributed by atoms with van der Waals surface area (Å²) in [4.78, 5) is 25.3. The molecule has 7 aliphatic rings. The summed E-state index contributed by atoms with van der Waals surface area (Å²) in [5.41, 5.74) is 2.48. The van der Waals surface area contributed by atoms with E-state index < -0.39 is 11.2 Å². The number of rotatable bonds is 1. The molecule has 4 aliphatic carbocycles. The molecule has 8 rings (SSSR count). The van der Waals surface area contributed by atoms with Crippen LogP contribution in [0.4, 0.5) is 0 Å². The third kappa shape index (κ3) is 4.47. The fraction of sp³-hybridized carbons (Fsp3) is 0.744. The van der Waals surface area contributed by atoms with Gasteiger partial charge in [0.05, 0.1) is 13.2 Å². The maximum Gasteiger partial charge on any atom is 0.131 e. The predicted molar refractivity (Wildman–Crippen MR) is 176 cm³/mol. The summed E-state index contributed by atoms with van der Waals surface area (Å²) in [5, 5.41) is 12.2. The minimum absolute atomic E-state index is 0.0258. The highest BCUT2D eigenvalue weighted by atomic mass is 32.2. The van der Waals surface area contributed by atoms with Crippen molar-refractivity contribution in [2.75, 3.05) is 13.2 Å². The molecule has 1 aromatic rings. The highest BCUT2D eigenvalue weighted by Gasteiger charge is 2.69. The molecular weight excluding hydrogens is 580 g/mol. The van der Waals surface area contributed by atoms with Crippen molar-refractivity contribution in [3.63, 3.8) is 0 Å². The number of fused-ring (bicyclic) bond motifs is 4. The Balaban J connectivity index is 1.25. The minimum Gasteiger partial charge on any atom is -0.377 e. The first-order chi connectivity index (χ1) is 21.2. The summed E-state index contributed by atoms with van der Waals surface area (Å²) in [5.74, 6) is 8.38. The smallest absolute Gasteiger partial charge is 0.131 e. The molecule has 1 N–H and O–H groups in total. The molecule has 9 atom stereocenters. The van der Waals surface area contributed by atoms with Crippen LogP contribution in [0.5, 0.6) is 0 Å². The van der Waals surface area contributed by atoms with Crippen LogP contribution in [-0.2, 0) is 25.2 Å². The van der Waals surface area contributed by atoms with E-state index in [1.807, 2.05) is 6.92 Å². The van der Waals surface area contributed by atoms with Gasteiger partial charge in [0.15, 0.2) is 0 Å². The number of allylic oxidation sites excluding steroid dienone is 1. The summed E-state index contributed by atoms with van der Waals surface area (Å²) >= 11 is 2.14. The first-order valence-electron chi connectivity index (χ1n) is 17.5. The molecule has 0 aromatic heterocycles. The molecule has 6 heteroatoms. The normalized spacial score (nSPS) is 47.3. The molecule has 3 heterocycles. The zero-order chi connectivity index (χ0) is 31.7. The monoisotopic (exact) mass is 632 g/mol. The Morgan fingerprint density at radius 2 is 1.69 bits per heavy atom. The molecule has 3 saturated carbocycles. The van der Waals surface area contributed by atoms with Crippen LogP contribution in [0.1, 0.15) is 123 Å². The Morgan fingerprint density at radius 3 is 2.42 bits per heavy atom. The maximum atomic E-state index is 12.2. The van der Waals surface area contributed by atoms with Crippen LogP contribution in [0.3, 0.4) is 0 Å². The van der Waals surface area contributed by atoms with Crippen molar-refractivity contribution in [3.8, 4) is 11.8 Å². The van der Waals surface area contributed by atoms with Crippen molar-refractivity contribution >= 4 is 11.8 Å². The van der Waals surface area contributed by atoms with E-state index in [2.05, 4.69) is 89.4 Å². The molecule has 244 valence electrons. The maximum absolute atomic E-state index is 12.2. The summed E-state index contributed by atoms with van der Waals surface area (Å²) in [7, 11) is 0. The Morgan fingerprint density at radius 1 is 0.933 bits per heavy atom. The van der Waals surface area contributed by atoms with E-state index in [9.17, 15) is 5.11 Å². The van der Waals surface area contributed by atoms with Gasteiger partial charge in [-0.3, -0.25) is 0 Å². The Labute approximate surface area is 274 Å². The molecule has 1 aromatic carbocycles. The van der Waals surface area contributed by atoms with Crippen LogP contribution in [0, 0.1) is 45.8 Å². The highest BCUT2D eigenvalue weighted by molar-refractivity contribution is 8.01. The van der Waals surface area contributed by atoms with Gasteiger partial charge in [-0.25, -0.2) is 19.6 Å². The van der Waals surface area contributed by atoms with Gasteiger partial charge in [0, 0.05) is 21.5 Å². The second-order valence-corrected chi connectivity index (χ2v) is 19.3. The van der Waals surface area contributed by atoms with E-state index in [1.165, 1.54) is 16.0 Å². The zero-order valence-corrected chi connectivity index (χ0v) is 29.2. The summed E-state index contributed by atoms with van der Waals surface area (Å²) in [6.45, 7) is 16.9. The Bertz CT molecular complexity index is 1500. The molecule has 3 aliphatic heterocycles. The van der Waals surface area contributed by atoms with Crippen molar-refractivity contribution in [1.29, 1.82) is 0 Å². The van der Waals surface area contributed by atoms with E-state index in [0.717, 1.165) is 57.8 Å². The van der Waals surface area contributed by atoms with Crippen LogP contribution in [-0.4, -0.2) is 34.3 Å². The van der Waals surface area contributed by atoms with Gasteiger partial charge in [0.25, 0.3) is 0 Å². The van der Waals surface area contributed by atoms with Crippen molar-refractivity contribution in [1.82, 2.24) is 0 Å². The van der Waals surface area contributed by atoms with Gasteiger partial charge in [-0.2, -0.15) is 0 Å². The lowest BCUT2D eigenvalue weighted by molar-refractivity contribution is -0.408. The molecule has 2 unspecified atom stereocenters. The molecule has 5 fully saturated rings. The van der Waals surface area contributed by atoms with Crippen molar-refractivity contribution < 1.29 is 24.7 Å². The van der Waals surface area contributed by atoms with E-state index in [-0.39, 0.29) is 26.6 Å². The van der Waals surface area contributed by atoms with Gasteiger partial charge in [-0.15, -0.1) is 17.7 Å². The van der Waals surface area contributed by atoms with E-state index >= 15 is 0 Å². The average Bonchev–Trinajstić information content (AvgIpc) is 3.21. The number of benzene rings is 1. The lowest BCUT2D eigenvalue weighted by atomic mass is 9.46. The summed E-state index contributed by atoms with van der Waals surface area (Å²) in [6.07, 6.45) is 11.5. The number of hydrogen-bond donors (Lipinski definition) is 1. The fourth-order valence-corrected chi connectivity index (χ4v) is 13.6. The topological polar surface area (TPSA) is 57.2 Å². The van der Waals surface area contributed by atoms with E-state index in [0.29, 0.717) is 36.9 Å². The van der Waals surface area contributed by atoms with Crippen molar-refractivity contribution in [3.05, 3.63) is 41.0 Å². The molecule has 2 spiro atoms. The minimum atomic E-state index is -0.930. The zero-order valence-electron chi connectivity index (χ0n) is 28.4. The first kappa shape index (κ1) is 31.0. The predicted octanol–water partition coefficient (Wildman–Crippen LogP) is 8.65. The Kier molecular flexibility index (Phi) is 6.79. The van der Waals surface area contributed by atoms with Crippen LogP contribution >= 0.6 is 11.8 Å². The largest absolute Gasteiger partial charge is 0.377 e. The molecule has 5 nitrogen and oxygen atoms in total. The van der Waals surface area contributed by atoms with E-state index in [4.69, 9.17) is 19.6 Å². The fourth-order valence-electron chi connectivity index (χ4n) is 11.8. The third-order valence-electron chi connectivity index (χ3n) is 13.5. The summed E-state index contributed by atoms with van der Waals surface area (Å²) < 4.78 is 0.0258. The second-order valence-electron chi connectivity index (χ2n) is 18.0. The summed E-state index contributed by atoms with van der Waals surface area (Å²) in [6, 6.07) is 7.16. The lowest BCUT2D eigenvalue weighted by Gasteiger charge is -2.65. The van der Waals surface area contributed by atoms with Crippen molar-refractivity contribution in [2.24, 2.45) is 34.0 Å². The third-order valence-corrected chi connectivity index (χ3v) is 15.1. The van der Waals surface area contributed by atoms with Gasteiger partial charge < -0.3 is 5.11 Å². The molecule has 0 bridgehead atoms. The van der Waals surface area contributed by atoms with E-state index in [1.54, 1.807) is 5.57 Å². The quantitative estimate of drug-likeness (QED) is 0.190. The molecule has 2 saturated heterocycles. The molecule has 45 heavy (non-hydrogen) atoms. The average molecular weight is 633 g/mol.